The minimum Gasteiger partial charge on any atom is -0.491 e. The molecule has 34 heavy (non-hydrogen) atoms. The van der Waals surface area contributed by atoms with Crippen molar-refractivity contribution in [3.8, 4) is 22.9 Å². The number of carbonyl (C=O) groups excluding carboxylic acids is 1. The standard InChI is InChI=1S/C22H21F3N6O3/c1-33-18-6-13(8-26-20(18)34-2)15-7-17(29-4-3-5-29)19-16(28-15)11-31(21(19)32)14-9-27-30(10-14)12-22(23,24)25/h6-10H,3-5,11-12H2,1-2H3. The van der Waals surface area contributed by atoms with E-state index in [-0.39, 0.29) is 18.1 Å². The summed E-state index contributed by atoms with van der Waals surface area (Å²) in [4.78, 5) is 25.8. The zero-order valence-electron chi connectivity index (χ0n) is 18.5. The highest BCUT2D eigenvalue weighted by molar-refractivity contribution is 6.13. The fraction of sp³-hybridized carbons (Fsp3) is 0.364. The van der Waals surface area contributed by atoms with Gasteiger partial charge in [0, 0.05) is 31.0 Å². The number of carbonyl (C=O) groups is 1. The summed E-state index contributed by atoms with van der Waals surface area (Å²) in [5, 5.41) is 3.77. The van der Waals surface area contributed by atoms with Crippen LogP contribution in [0.4, 0.5) is 24.5 Å². The molecule has 1 fully saturated rings. The van der Waals surface area contributed by atoms with Crippen molar-refractivity contribution < 1.29 is 27.4 Å². The Hall–Kier alpha value is -3.83. The lowest BCUT2D eigenvalue weighted by Gasteiger charge is -2.34. The van der Waals surface area contributed by atoms with Crippen LogP contribution in [0.25, 0.3) is 11.3 Å². The molecule has 1 saturated heterocycles. The minimum atomic E-state index is -4.41. The Balaban J connectivity index is 1.53. The molecule has 2 aliphatic rings. The summed E-state index contributed by atoms with van der Waals surface area (Å²) in [5.74, 6) is 0.475. The van der Waals surface area contributed by atoms with Gasteiger partial charge in [0.1, 0.15) is 6.54 Å². The number of ether oxygens (including phenoxy) is 2. The zero-order chi connectivity index (χ0) is 24.0. The first-order valence-corrected chi connectivity index (χ1v) is 10.6. The van der Waals surface area contributed by atoms with Crippen LogP contribution in [0, 0.1) is 0 Å². The molecule has 5 heterocycles. The Bertz CT molecular complexity index is 1260. The first-order valence-electron chi connectivity index (χ1n) is 10.6. The van der Waals surface area contributed by atoms with Crippen LogP contribution in [0.3, 0.4) is 0 Å². The molecule has 0 aliphatic carbocycles. The van der Waals surface area contributed by atoms with Gasteiger partial charge in [-0.15, -0.1) is 0 Å². The van der Waals surface area contributed by atoms with Crippen molar-refractivity contribution in [1.29, 1.82) is 0 Å². The maximum Gasteiger partial charge on any atom is 0.408 e. The van der Waals surface area contributed by atoms with Crippen LogP contribution in [-0.2, 0) is 13.1 Å². The number of aromatic nitrogens is 4. The summed E-state index contributed by atoms with van der Waals surface area (Å²) in [6.45, 7) is 0.505. The quantitative estimate of drug-likeness (QED) is 0.542. The third kappa shape index (κ3) is 3.88. The number of alkyl halides is 3. The predicted molar refractivity (Wildman–Crippen MR) is 116 cm³/mol. The molecule has 12 heteroatoms. The van der Waals surface area contributed by atoms with Crippen molar-refractivity contribution >= 4 is 17.3 Å². The number of fused-ring (bicyclic) bond motifs is 1. The molecule has 2 aliphatic heterocycles. The summed E-state index contributed by atoms with van der Waals surface area (Å²) in [6, 6.07) is 3.60. The van der Waals surface area contributed by atoms with Gasteiger partial charge in [0.25, 0.3) is 11.8 Å². The largest absolute Gasteiger partial charge is 0.491 e. The molecule has 0 spiro atoms. The first kappa shape index (κ1) is 22.0. The first-order chi connectivity index (χ1) is 16.3. The van der Waals surface area contributed by atoms with Crippen LogP contribution >= 0.6 is 0 Å². The maximum atomic E-state index is 13.3. The van der Waals surface area contributed by atoms with Crippen LogP contribution in [0.2, 0.25) is 0 Å². The Kier molecular flexibility index (Phi) is 5.29. The van der Waals surface area contributed by atoms with E-state index < -0.39 is 12.7 Å². The van der Waals surface area contributed by atoms with Crippen LogP contribution in [0.15, 0.2) is 30.7 Å². The number of hydrogen-bond donors (Lipinski definition) is 0. The Morgan fingerprint density at radius 2 is 1.91 bits per heavy atom. The highest BCUT2D eigenvalue weighted by Crippen LogP contribution is 2.39. The van der Waals surface area contributed by atoms with Crippen molar-refractivity contribution in [2.75, 3.05) is 37.1 Å². The molecule has 3 aromatic rings. The smallest absolute Gasteiger partial charge is 0.408 e. The number of nitrogens with zero attached hydrogens (tertiary/aromatic N) is 6. The molecule has 0 saturated carbocycles. The summed E-state index contributed by atoms with van der Waals surface area (Å²) in [5.41, 5.74) is 3.33. The third-order valence-electron chi connectivity index (χ3n) is 5.84. The lowest BCUT2D eigenvalue weighted by Crippen LogP contribution is -2.38. The maximum absolute atomic E-state index is 13.3. The van der Waals surface area contributed by atoms with E-state index in [9.17, 15) is 18.0 Å². The predicted octanol–water partition coefficient (Wildman–Crippen LogP) is 3.29. The molecule has 0 N–H and O–H groups in total. The zero-order valence-corrected chi connectivity index (χ0v) is 18.5. The highest BCUT2D eigenvalue weighted by Gasteiger charge is 2.37. The van der Waals surface area contributed by atoms with E-state index in [1.807, 2.05) is 6.07 Å². The number of hydrogen-bond acceptors (Lipinski definition) is 7. The second-order valence-electron chi connectivity index (χ2n) is 8.03. The average molecular weight is 474 g/mol. The van der Waals surface area contributed by atoms with Gasteiger partial charge in [-0.1, -0.05) is 0 Å². The second kappa shape index (κ2) is 8.19. The van der Waals surface area contributed by atoms with E-state index in [4.69, 9.17) is 14.5 Å². The summed E-state index contributed by atoms with van der Waals surface area (Å²) in [6.07, 6.45) is 0.700. The van der Waals surface area contributed by atoms with E-state index in [1.54, 1.807) is 12.3 Å². The average Bonchev–Trinajstić information content (AvgIpc) is 3.34. The van der Waals surface area contributed by atoms with Gasteiger partial charge in [-0.05, 0) is 18.6 Å². The molecule has 5 rings (SSSR count). The monoisotopic (exact) mass is 474 g/mol. The third-order valence-corrected chi connectivity index (χ3v) is 5.84. The van der Waals surface area contributed by atoms with Crippen molar-refractivity contribution in [2.24, 2.45) is 0 Å². The Morgan fingerprint density at radius 3 is 2.56 bits per heavy atom. The van der Waals surface area contributed by atoms with E-state index in [0.29, 0.717) is 34.1 Å². The number of amides is 1. The number of halogens is 3. The van der Waals surface area contributed by atoms with Gasteiger partial charge < -0.3 is 14.4 Å². The molecule has 0 unspecified atom stereocenters. The molecule has 178 valence electrons. The molecule has 0 bridgehead atoms. The number of anilines is 2. The van der Waals surface area contributed by atoms with Gasteiger partial charge in [-0.3, -0.25) is 14.4 Å². The molecule has 3 aromatic heterocycles. The summed E-state index contributed by atoms with van der Waals surface area (Å²) < 4.78 is 49.5. The van der Waals surface area contributed by atoms with Crippen LogP contribution in [-0.4, -0.2) is 59.1 Å². The van der Waals surface area contributed by atoms with Crippen LogP contribution in [0.1, 0.15) is 22.5 Å². The SMILES string of the molecule is COc1cc(-c2cc(N3CCC3)c3c(n2)CN(c2cnn(CC(F)(F)F)c2)C3=O)cnc1OC. The van der Waals surface area contributed by atoms with Crippen LogP contribution < -0.4 is 19.3 Å². The van der Waals surface area contributed by atoms with Gasteiger partial charge in [-0.2, -0.15) is 18.3 Å². The van der Waals surface area contributed by atoms with Crippen LogP contribution in [0.5, 0.6) is 11.6 Å². The number of pyridine rings is 2. The molecular formula is C22H21F3N6O3. The number of methoxy groups -OCH3 is 2. The Morgan fingerprint density at radius 1 is 1.12 bits per heavy atom. The van der Waals surface area contributed by atoms with E-state index in [0.717, 1.165) is 29.9 Å². The molecule has 0 radical (unpaired) electrons. The van der Waals surface area contributed by atoms with E-state index in [2.05, 4.69) is 15.0 Å². The normalized spacial score (nSPS) is 15.4. The topological polar surface area (TPSA) is 85.6 Å². The van der Waals surface area contributed by atoms with E-state index >= 15 is 0 Å². The van der Waals surface area contributed by atoms with Gasteiger partial charge in [0.05, 0.1) is 55.3 Å². The van der Waals surface area contributed by atoms with Crippen molar-refractivity contribution in [3.63, 3.8) is 0 Å². The number of rotatable bonds is 6. The van der Waals surface area contributed by atoms with Gasteiger partial charge >= 0.3 is 6.18 Å². The highest BCUT2D eigenvalue weighted by atomic mass is 19.4. The molecule has 0 atom stereocenters. The lowest BCUT2D eigenvalue weighted by molar-refractivity contribution is -0.142. The molecular weight excluding hydrogens is 453 g/mol. The van der Waals surface area contributed by atoms with E-state index in [1.165, 1.54) is 31.5 Å². The fourth-order valence-electron chi connectivity index (χ4n) is 4.08. The lowest BCUT2D eigenvalue weighted by atomic mass is 10.0. The van der Waals surface area contributed by atoms with Crippen molar-refractivity contribution in [1.82, 2.24) is 19.7 Å². The minimum absolute atomic E-state index is 0.126. The van der Waals surface area contributed by atoms with Gasteiger partial charge in [-0.25, -0.2) is 9.97 Å². The van der Waals surface area contributed by atoms with Gasteiger partial charge in [0.15, 0.2) is 5.75 Å². The second-order valence-corrected chi connectivity index (χ2v) is 8.03. The molecule has 1 amide bonds. The van der Waals surface area contributed by atoms with Crippen molar-refractivity contribution in [2.45, 2.75) is 25.7 Å². The fourth-order valence-corrected chi connectivity index (χ4v) is 4.08. The summed E-state index contributed by atoms with van der Waals surface area (Å²) in [7, 11) is 3.01. The van der Waals surface area contributed by atoms with Crippen molar-refractivity contribution in [3.05, 3.63) is 42.0 Å². The summed E-state index contributed by atoms with van der Waals surface area (Å²) >= 11 is 0. The molecule has 0 aromatic carbocycles. The Labute approximate surface area is 192 Å². The molecule has 9 nitrogen and oxygen atoms in total. The van der Waals surface area contributed by atoms with Gasteiger partial charge in [0.2, 0.25) is 0 Å².